The summed E-state index contributed by atoms with van der Waals surface area (Å²) in [5, 5.41) is 3.36. The van der Waals surface area contributed by atoms with Crippen LogP contribution < -0.4 is 5.32 Å². The normalized spacial score (nSPS) is 20.9. The highest BCUT2D eigenvalue weighted by Crippen LogP contribution is 2.17. The molecule has 0 radical (unpaired) electrons. The molecule has 3 rings (SSSR count). The molecule has 6 nitrogen and oxygen atoms in total. The number of hydrogen-bond acceptors (Lipinski definition) is 3. The smallest absolute Gasteiger partial charge is 0.251 e. The lowest BCUT2D eigenvalue weighted by Crippen LogP contribution is -2.55. The van der Waals surface area contributed by atoms with Gasteiger partial charge in [-0.15, -0.1) is 0 Å². The predicted molar refractivity (Wildman–Crippen MR) is 106 cm³/mol. The Hall–Kier alpha value is -1.67. The van der Waals surface area contributed by atoms with Crippen LogP contribution in [-0.4, -0.2) is 74.1 Å². The van der Waals surface area contributed by atoms with Gasteiger partial charge in [-0.25, -0.2) is 4.39 Å². The molecule has 8 heteroatoms. The molecule has 27 heavy (non-hydrogen) atoms. The van der Waals surface area contributed by atoms with Gasteiger partial charge in [-0.3, -0.25) is 9.79 Å². The van der Waals surface area contributed by atoms with Gasteiger partial charge in [0.05, 0.1) is 4.47 Å². The molecule has 0 spiro atoms. The van der Waals surface area contributed by atoms with Gasteiger partial charge in [0.25, 0.3) is 5.91 Å². The quantitative estimate of drug-likeness (QED) is 0.574. The van der Waals surface area contributed by atoms with Crippen LogP contribution in [0.1, 0.15) is 18.4 Å². The summed E-state index contributed by atoms with van der Waals surface area (Å²) in [7, 11) is 1.76. The third-order valence-corrected chi connectivity index (χ3v) is 5.60. The van der Waals surface area contributed by atoms with E-state index in [0.29, 0.717) is 30.7 Å². The van der Waals surface area contributed by atoms with Gasteiger partial charge in [-0.2, -0.15) is 0 Å². The van der Waals surface area contributed by atoms with E-state index in [9.17, 15) is 9.18 Å². The third kappa shape index (κ3) is 5.19. The maximum absolute atomic E-state index is 13.3. The van der Waals surface area contributed by atoms with Crippen LogP contribution in [0.4, 0.5) is 4.39 Å². The summed E-state index contributed by atoms with van der Waals surface area (Å²) in [6, 6.07) is 5.06. The van der Waals surface area contributed by atoms with Crippen molar-refractivity contribution in [1.29, 1.82) is 0 Å². The van der Waals surface area contributed by atoms with Crippen molar-refractivity contribution < 1.29 is 13.9 Å². The summed E-state index contributed by atoms with van der Waals surface area (Å²) >= 11 is 3.22. The fourth-order valence-corrected chi connectivity index (χ4v) is 3.89. The Morgan fingerprint density at radius 1 is 1.33 bits per heavy atom. The maximum atomic E-state index is 13.3. The van der Waals surface area contributed by atoms with Crippen LogP contribution in [0, 0.1) is 5.82 Å². The lowest BCUT2D eigenvalue weighted by Gasteiger charge is -2.37. The van der Waals surface area contributed by atoms with E-state index in [1.54, 1.807) is 19.2 Å². The van der Waals surface area contributed by atoms with Crippen LogP contribution in [-0.2, 0) is 16.0 Å². The number of piperazine rings is 1. The second-order valence-corrected chi connectivity index (χ2v) is 7.64. The van der Waals surface area contributed by atoms with Crippen molar-refractivity contribution in [3.8, 4) is 0 Å². The number of nitrogens with one attached hydrogen (secondary N) is 1. The average molecular weight is 441 g/mol. The highest BCUT2D eigenvalue weighted by molar-refractivity contribution is 9.10. The summed E-state index contributed by atoms with van der Waals surface area (Å²) in [6.07, 6.45) is 2.33. The molecule has 1 unspecified atom stereocenters. The van der Waals surface area contributed by atoms with Crippen molar-refractivity contribution in [2.24, 2.45) is 4.99 Å². The Kier molecular flexibility index (Phi) is 7.07. The van der Waals surface area contributed by atoms with Gasteiger partial charge in [0.15, 0.2) is 5.96 Å². The summed E-state index contributed by atoms with van der Waals surface area (Å²) < 4.78 is 19.3. The topological polar surface area (TPSA) is 57.2 Å². The fraction of sp³-hybridized carbons (Fsp3) is 0.579. The minimum atomic E-state index is -0.252. The summed E-state index contributed by atoms with van der Waals surface area (Å²) in [5.74, 6) is 0.704. The molecule has 1 amide bonds. The van der Waals surface area contributed by atoms with Crippen LogP contribution in [0.5, 0.6) is 0 Å². The molecule has 0 saturated carbocycles. The van der Waals surface area contributed by atoms with Gasteiger partial charge in [0.1, 0.15) is 11.9 Å². The molecule has 1 N–H and O–H groups in total. The van der Waals surface area contributed by atoms with E-state index in [1.165, 1.54) is 6.07 Å². The van der Waals surface area contributed by atoms with E-state index in [4.69, 9.17) is 4.74 Å². The number of carbonyl (C=O) groups excluding carboxylic acids is 1. The van der Waals surface area contributed by atoms with Gasteiger partial charge in [0, 0.05) is 46.4 Å². The highest BCUT2D eigenvalue weighted by atomic mass is 79.9. The molecule has 2 heterocycles. The van der Waals surface area contributed by atoms with E-state index in [1.807, 2.05) is 4.90 Å². The second-order valence-electron chi connectivity index (χ2n) is 6.79. The van der Waals surface area contributed by atoms with Crippen molar-refractivity contribution in [3.63, 3.8) is 0 Å². The molecule has 2 aliphatic rings. The Morgan fingerprint density at radius 3 is 2.70 bits per heavy atom. The molecule has 1 aromatic carbocycles. The van der Waals surface area contributed by atoms with Crippen LogP contribution >= 0.6 is 15.9 Å². The molecular formula is C19H26BrFN4O2. The van der Waals surface area contributed by atoms with Crippen molar-refractivity contribution in [2.75, 3.05) is 46.4 Å². The molecule has 148 valence electrons. The number of guanidine groups is 1. The molecule has 0 aromatic heterocycles. The summed E-state index contributed by atoms with van der Waals surface area (Å²) in [6.45, 7) is 4.27. The number of benzene rings is 1. The SMILES string of the molecule is CN=C(NCCc1ccc(F)c(Br)c1)N1CCN(C(=O)C2CCCO2)CC1. The zero-order chi connectivity index (χ0) is 19.2. The van der Waals surface area contributed by atoms with Crippen molar-refractivity contribution >= 4 is 27.8 Å². The number of aliphatic imine (C=N–C) groups is 1. The molecule has 1 atom stereocenters. The van der Waals surface area contributed by atoms with Crippen LogP contribution in [0.15, 0.2) is 27.7 Å². The van der Waals surface area contributed by atoms with Gasteiger partial charge >= 0.3 is 0 Å². The van der Waals surface area contributed by atoms with Gasteiger partial charge in [-0.05, 0) is 52.9 Å². The fourth-order valence-electron chi connectivity index (χ4n) is 3.46. The zero-order valence-electron chi connectivity index (χ0n) is 15.6. The van der Waals surface area contributed by atoms with E-state index in [0.717, 1.165) is 43.9 Å². The molecular weight excluding hydrogens is 415 g/mol. The zero-order valence-corrected chi connectivity index (χ0v) is 17.2. The first kappa shape index (κ1) is 20.1. The molecule has 2 fully saturated rings. The Labute approximate surface area is 167 Å². The van der Waals surface area contributed by atoms with E-state index in [2.05, 4.69) is 31.1 Å². The number of amides is 1. The van der Waals surface area contributed by atoms with Crippen LogP contribution in [0.25, 0.3) is 0 Å². The summed E-state index contributed by atoms with van der Waals surface area (Å²) in [5.41, 5.74) is 1.05. The van der Waals surface area contributed by atoms with Gasteiger partial charge in [0.2, 0.25) is 0 Å². The summed E-state index contributed by atoms with van der Waals surface area (Å²) in [4.78, 5) is 20.9. The third-order valence-electron chi connectivity index (χ3n) is 4.99. The first-order chi connectivity index (χ1) is 13.1. The lowest BCUT2D eigenvalue weighted by atomic mass is 10.1. The first-order valence-corrected chi connectivity index (χ1v) is 10.2. The number of hydrogen-bond donors (Lipinski definition) is 1. The number of nitrogens with zero attached hydrogens (tertiary/aromatic N) is 3. The van der Waals surface area contributed by atoms with Crippen molar-refractivity contribution in [1.82, 2.24) is 15.1 Å². The molecule has 0 bridgehead atoms. The number of carbonyl (C=O) groups is 1. The molecule has 2 saturated heterocycles. The van der Waals surface area contributed by atoms with E-state index in [-0.39, 0.29) is 17.8 Å². The van der Waals surface area contributed by atoms with Crippen LogP contribution in [0.2, 0.25) is 0 Å². The Balaban J connectivity index is 1.44. The minimum absolute atomic E-state index is 0.122. The van der Waals surface area contributed by atoms with Crippen LogP contribution in [0.3, 0.4) is 0 Å². The standard InChI is InChI=1S/C19H26BrFN4O2/c1-22-19(23-7-6-14-4-5-16(21)15(20)13-14)25-10-8-24(9-11-25)18(26)17-3-2-12-27-17/h4-5,13,17H,2-3,6-12H2,1H3,(H,22,23). The largest absolute Gasteiger partial charge is 0.368 e. The highest BCUT2D eigenvalue weighted by Gasteiger charge is 2.30. The maximum Gasteiger partial charge on any atom is 0.251 e. The Morgan fingerprint density at radius 2 is 2.07 bits per heavy atom. The second kappa shape index (κ2) is 9.50. The number of halogens is 2. The lowest BCUT2D eigenvalue weighted by molar-refractivity contribution is -0.142. The monoisotopic (exact) mass is 440 g/mol. The first-order valence-electron chi connectivity index (χ1n) is 9.38. The van der Waals surface area contributed by atoms with E-state index >= 15 is 0 Å². The van der Waals surface area contributed by atoms with E-state index < -0.39 is 0 Å². The van der Waals surface area contributed by atoms with Gasteiger partial charge < -0.3 is 19.9 Å². The number of rotatable bonds is 4. The molecule has 0 aliphatic carbocycles. The van der Waals surface area contributed by atoms with Crippen molar-refractivity contribution in [2.45, 2.75) is 25.4 Å². The molecule has 2 aliphatic heterocycles. The molecule has 1 aromatic rings. The van der Waals surface area contributed by atoms with Gasteiger partial charge in [-0.1, -0.05) is 6.07 Å². The Bertz CT molecular complexity index is 686. The van der Waals surface area contributed by atoms with Crippen molar-refractivity contribution in [3.05, 3.63) is 34.1 Å². The predicted octanol–water partition coefficient (Wildman–Crippen LogP) is 2.03. The number of ether oxygens (including phenoxy) is 1. The average Bonchev–Trinajstić information content (AvgIpc) is 3.22. The minimum Gasteiger partial charge on any atom is -0.368 e.